The van der Waals surface area contributed by atoms with E-state index in [4.69, 9.17) is 0 Å². The molecule has 1 aliphatic heterocycles. The number of fused-ring (bicyclic) bond motifs is 1. The van der Waals surface area contributed by atoms with Crippen molar-refractivity contribution in [2.24, 2.45) is 0 Å². The lowest BCUT2D eigenvalue weighted by molar-refractivity contribution is -0.114. The summed E-state index contributed by atoms with van der Waals surface area (Å²) in [5, 5.41) is 6.58. The predicted molar refractivity (Wildman–Crippen MR) is 47.0 cm³/mol. The molecule has 1 aromatic heterocycles. The molecule has 1 aromatic rings. The molecule has 0 saturated carbocycles. The van der Waals surface area contributed by atoms with Crippen LogP contribution < -0.4 is 10.6 Å². The monoisotopic (exact) mass is 183 g/mol. The van der Waals surface area contributed by atoms with Gasteiger partial charge in [0.05, 0.1) is 5.69 Å². The summed E-state index contributed by atoms with van der Waals surface area (Å²) in [6.07, 6.45) is 0. The number of hydrogen-bond donors (Lipinski definition) is 2. The molecule has 0 unspecified atom stereocenters. The molecule has 2 N–H and O–H groups in total. The highest BCUT2D eigenvalue weighted by Gasteiger charge is 2.16. The van der Waals surface area contributed by atoms with Crippen molar-refractivity contribution >= 4 is 22.4 Å². The van der Waals surface area contributed by atoms with Gasteiger partial charge in [0.25, 0.3) is 0 Å². The molecule has 0 spiro atoms. The molecule has 1 amide bonds. The lowest BCUT2D eigenvalue weighted by Gasteiger charge is -1.94. The molecule has 12 heavy (non-hydrogen) atoms. The van der Waals surface area contributed by atoms with Crippen LogP contribution in [0.15, 0.2) is 0 Å². The summed E-state index contributed by atoms with van der Waals surface area (Å²) in [7, 11) is 0. The number of thiazole rings is 1. The smallest absolute Gasteiger partial charge is 0.223 e. The van der Waals surface area contributed by atoms with Crippen molar-refractivity contribution in [1.82, 2.24) is 10.3 Å². The summed E-state index contributed by atoms with van der Waals surface area (Å²) in [6.45, 7) is 3.20. The minimum Gasteiger partial charge on any atom is -0.306 e. The van der Waals surface area contributed by atoms with Crippen molar-refractivity contribution in [3.05, 3.63) is 10.6 Å². The number of nitrogens with zero attached hydrogens (tertiary/aromatic N) is 1. The van der Waals surface area contributed by atoms with Gasteiger partial charge in [-0.15, -0.1) is 11.3 Å². The molecule has 5 heteroatoms. The van der Waals surface area contributed by atoms with Crippen molar-refractivity contribution in [3.63, 3.8) is 0 Å². The number of anilines is 1. The third-order valence-electron chi connectivity index (χ3n) is 1.64. The van der Waals surface area contributed by atoms with Crippen molar-refractivity contribution in [2.75, 3.05) is 5.32 Å². The maximum Gasteiger partial charge on any atom is 0.223 e. The van der Waals surface area contributed by atoms with Gasteiger partial charge in [0, 0.05) is 24.9 Å². The van der Waals surface area contributed by atoms with E-state index in [-0.39, 0.29) is 5.91 Å². The van der Waals surface area contributed by atoms with Crippen LogP contribution in [0.25, 0.3) is 0 Å². The van der Waals surface area contributed by atoms with Crippen LogP contribution in [0.3, 0.4) is 0 Å². The second kappa shape index (κ2) is 2.84. The van der Waals surface area contributed by atoms with Gasteiger partial charge < -0.3 is 10.6 Å². The van der Waals surface area contributed by atoms with Crippen LogP contribution in [-0.4, -0.2) is 10.9 Å². The van der Waals surface area contributed by atoms with Gasteiger partial charge in [-0.2, -0.15) is 0 Å². The van der Waals surface area contributed by atoms with Gasteiger partial charge in [-0.05, 0) is 0 Å². The second-order valence-electron chi connectivity index (χ2n) is 2.67. The Hall–Kier alpha value is -0.940. The van der Waals surface area contributed by atoms with E-state index >= 15 is 0 Å². The van der Waals surface area contributed by atoms with Gasteiger partial charge in [-0.1, -0.05) is 0 Å². The van der Waals surface area contributed by atoms with Crippen molar-refractivity contribution in [3.8, 4) is 0 Å². The molecular weight excluding hydrogens is 174 g/mol. The maximum absolute atomic E-state index is 10.7. The Labute approximate surface area is 74.0 Å². The van der Waals surface area contributed by atoms with Crippen molar-refractivity contribution < 1.29 is 4.79 Å². The average molecular weight is 183 g/mol. The molecule has 64 valence electrons. The first-order valence-corrected chi connectivity index (χ1v) is 4.54. The van der Waals surface area contributed by atoms with Crippen LogP contribution in [0.2, 0.25) is 0 Å². The van der Waals surface area contributed by atoms with Gasteiger partial charge in [-0.25, -0.2) is 4.98 Å². The van der Waals surface area contributed by atoms with Crippen LogP contribution in [0, 0.1) is 0 Å². The number of hydrogen-bond acceptors (Lipinski definition) is 4. The molecule has 0 aromatic carbocycles. The highest BCUT2D eigenvalue weighted by molar-refractivity contribution is 7.15. The predicted octanol–water partition coefficient (Wildman–Crippen LogP) is 0.705. The fraction of sp³-hybridized carbons (Fsp3) is 0.429. The van der Waals surface area contributed by atoms with Crippen LogP contribution in [0.1, 0.15) is 17.5 Å². The Morgan fingerprint density at radius 1 is 1.67 bits per heavy atom. The molecule has 1 aliphatic rings. The Morgan fingerprint density at radius 3 is 3.17 bits per heavy atom. The number of carbonyl (C=O) groups excluding carboxylic acids is 1. The summed E-state index contributed by atoms with van der Waals surface area (Å²) in [5.74, 6) is -0.0598. The molecule has 0 radical (unpaired) electrons. The van der Waals surface area contributed by atoms with Gasteiger partial charge >= 0.3 is 0 Å². The normalized spacial score (nSPS) is 14.4. The lowest BCUT2D eigenvalue weighted by Crippen LogP contribution is -2.06. The SMILES string of the molecule is CC(=O)Nc1nc2c(s1)CNC2. The highest BCUT2D eigenvalue weighted by atomic mass is 32.1. The molecule has 4 nitrogen and oxygen atoms in total. The Morgan fingerprint density at radius 2 is 2.50 bits per heavy atom. The number of rotatable bonds is 1. The van der Waals surface area contributed by atoms with Crippen LogP contribution >= 0.6 is 11.3 Å². The zero-order valence-electron chi connectivity index (χ0n) is 6.68. The van der Waals surface area contributed by atoms with Crippen molar-refractivity contribution in [2.45, 2.75) is 20.0 Å². The molecular formula is C7H9N3OS. The summed E-state index contributed by atoms with van der Waals surface area (Å²) in [6, 6.07) is 0. The fourth-order valence-corrected chi connectivity index (χ4v) is 2.15. The summed E-state index contributed by atoms with van der Waals surface area (Å²) >= 11 is 1.54. The van der Waals surface area contributed by atoms with E-state index in [2.05, 4.69) is 15.6 Å². The first-order chi connectivity index (χ1) is 5.75. The van der Waals surface area contributed by atoms with Crippen LogP contribution in [0.5, 0.6) is 0 Å². The van der Waals surface area contributed by atoms with Crippen molar-refractivity contribution in [1.29, 1.82) is 0 Å². The minimum absolute atomic E-state index is 0.0598. The molecule has 0 aliphatic carbocycles. The summed E-state index contributed by atoms with van der Waals surface area (Å²) in [5.41, 5.74) is 1.07. The van der Waals surface area contributed by atoms with E-state index in [1.54, 1.807) is 11.3 Å². The number of nitrogens with one attached hydrogen (secondary N) is 2. The summed E-state index contributed by atoms with van der Waals surface area (Å²) < 4.78 is 0. The number of aromatic nitrogens is 1. The van der Waals surface area contributed by atoms with E-state index in [1.807, 2.05) is 0 Å². The number of amides is 1. The van der Waals surface area contributed by atoms with E-state index in [1.165, 1.54) is 11.8 Å². The van der Waals surface area contributed by atoms with E-state index in [0.717, 1.165) is 18.8 Å². The number of carbonyl (C=O) groups is 1. The summed E-state index contributed by atoms with van der Waals surface area (Å²) in [4.78, 5) is 16.2. The third kappa shape index (κ3) is 1.33. The Bertz CT molecular complexity index is 299. The van der Waals surface area contributed by atoms with Crippen LogP contribution in [-0.2, 0) is 17.9 Å². The van der Waals surface area contributed by atoms with Gasteiger partial charge in [0.1, 0.15) is 0 Å². The zero-order chi connectivity index (χ0) is 8.55. The minimum atomic E-state index is -0.0598. The first-order valence-electron chi connectivity index (χ1n) is 3.72. The first kappa shape index (κ1) is 7.70. The van der Waals surface area contributed by atoms with E-state index in [0.29, 0.717) is 5.13 Å². The second-order valence-corrected chi connectivity index (χ2v) is 3.76. The Kier molecular flexibility index (Phi) is 1.82. The quantitative estimate of drug-likeness (QED) is 0.674. The molecule has 2 heterocycles. The van der Waals surface area contributed by atoms with Crippen LogP contribution in [0.4, 0.5) is 5.13 Å². The van der Waals surface area contributed by atoms with E-state index < -0.39 is 0 Å². The molecule has 0 saturated heterocycles. The highest BCUT2D eigenvalue weighted by Crippen LogP contribution is 2.25. The molecule has 0 atom stereocenters. The zero-order valence-corrected chi connectivity index (χ0v) is 7.49. The lowest BCUT2D eigenvalue weighted by atomic mass is 10.4. The van der Waals surface area contributed by atoms with Gasteiger partial charge in [0.2, 0.25) is 5.91 Å². The Balaban J connectivity index is 2.20. The molecule has 2 rings (SSSR count). The van der Waals surface area contributed by atoms with E-state index in [9.17, 15) is 4.79 Å². The molecule has 0 bridgehead atoms. The third-order valence-corrected chi connectivity index (χ3v) is 2.65. The largest absolute Gasteiger partial charge is 0.306 e. The van der Waals surface area contributed by atoms with Gasteiger partial charge in [-0.3, -0.25) is 4.79 Å². The average Bonchev–Trinajstić information content (AvgIpc) is 2.43. The van der Waals surface area contributed by atoms with Gasteiger partial charge in [0.15, 0.2) is 5.13 Å². The topological polar surface area (TPSA) is 54.0 Å². The standard InChI is InChI=1S/C7H9N3OS/c1-4(11)9-7-10-5-2-8-3-6(5)12-7/h8H,2-3H2,1H3,(H,9,10,11). The molecule has 0 fully saturated rings. The maximum atomic E-state index is 10.7. The fourth-order valence-electron chi connectivity index (χ4n) is 1.16.